The number of rotatable bonds is 4. The number of allylic oxidation sites excluding steroid dienone is 1. The lowest BCUT2D eigenvalue weighted by Gasteiger charge is -2.40. The highest BCUT2D eigenvalue weighted by Gasteiger charge is 2.49. The first-order valence-electron chi connectivity index (χ1n) is 11.7. The Morgan fingerprint density at radius 1 is 1.00 bits per heavy atom. The second-order valence-electron chi connectivity index (χ2n) is 9.38. The fraction of sp³-hybridized carbons (Fsp3) is 0.407. The minimum Gasteiger partial charge on any atom is -0.351 e. The number of urea groups is 1. The van der Waals surface area contributed by atoms with Gasteiger partial charge in [-0.15, -0.1) is 0 Å². The predicted molar refractivity (Wildman–Crippen MR) is 135 cm³/mol. The fourth-order valence-electron chi connectivity index (χ4n) is 5.46. The highest BCUT2D eigenvalue weighted by atomic mass is 32.2. The van der Waals surface area contributed by atoms with Crippen molar-refractivity contribution in [2.24, 2.45) is 5.73 Å². The minimum atomic E-state index is -1.13. The average Bonchev–Trinajstić information content (AvgIpc) is 3.10. The van der Waals surface area contributed by atoms with E-state index in [2.05, 4.69) is 29.6 Å². The van der Waals surface area contributed by atoms with Gasteiger partial charge in [0.1, 0.15) is 0 Å². The van der Waals surface area contributed by atoms with Gasteiger partial charge in [-0.1, -0.05) is 60.9 Å². The van der Waals surface area contributed by atoms with Crippen LogP contribution in [0.1, 0.15) is 83.1 Å². The summed E-state index contributed by atoms with van der Waals surface area (Å²) in [7, 11) is 0. The van der Waals surface area contributed by atoms with Gasteiger partial charge >= 0.3 is 6.03 Å². The van der Waals surface area contributed by atoms with Crippen molar-refractivity contribution in [3.8, 4) is 0 Å². The topological polar surface area (TPSA) is 75.4 Å². The summed E-state index contributed by atoms with van der Waals surface area (Å²) in [5.74, 6) is 0.356. The van der Waals surface area contributed by atoms with Gasteiger partial charge in [-0.3, -0.25) is 9.69 Å². The number of hydrogen-bond donors (Lipinski definition) is 2. The number of nitrogens with zero attached hydrogens (tertiary/aromatic N) is 1. The number of benzene rings is 2. The van der Waals surface area contributed by atoms with Crippen molar-refractivity contribution >= 4 is 23.7 Å². The van der Waals surface area contributed by atoms with Crippen LogP contribution in [0, 0.1) is 20.8 Å². The molecule has 2 aliphatic rings. The Labute approximate surface area is 200 Å². The van der Waals surface area contributed by atoms with Gasteiger partial charge in [0.25, 0.3) is 5.91 Å². The third kappa shape index (κ3) is 4.41. The van der Waals surface area contributed by atoms with Gasteiger partial charge in [0.05, 0.1) is 0 Å². The Kier molecular flexibility index (Phi) is 6.57. The maximum Gasteiger partial charge on any atom is 0.321 e. The van der Waals surface area contributed by atoms with Gasteiger partial charge < -0.3 is 11.1 Å². The van der Waals surface area contributed by atoms with Gasteiger partial charge in [0.2, 0.25) is 4.99 Å². The van der Waals surface area contributed by atoms with Crippen LogP contribution < -0.4 is 11.1 Å². The lowest BCUT2D eigenvalue weighted by molar-refractivity contribution is 0.0877. The van der Waals surface area contributed by atoms with Crippen LogP contribution in [0.25, 0.3) is 0 Å². The van der Waals surface area contributed by atoms with E-state index in [0.717, 1.165) is 22.3 Å². The molecule has 33 heavy (non-hydrogen) atoms. The summed E-state index contributed by atoms with van der Waals surface area (Å²) < 4.78 is 0. The molecule has 0 saturated heterocycles. The quantitative estimate of drug-likeness (QED) is 0.568. The number of primary amides is 1. The molecule has 2 aromatic rings. The van der Waals surface area contributed by atoms with E-state index in [1.807, 2.05) is 45.2 Å². The fourth-order valence-corrected chi connectivity index (χ4v) is 6.83. The van der Waals surface area contributed by atoms with E-state index < -0.39 is 11.0 Å². The summed E-state index contributed by atoms with van der Waals surface area (Å²) in [6.07, 6.45) is 6.30. The summed E-state index contributed by atoms with van der Waals surface area (Å²) in [4.78, 5) is 26.4. The zero-order chi connectivity index (χ0) is 23.8. The Bertz CT molecular complexity index is 1080. The average molecular weight is 464 g/mol. The molecule has 3 amide bonds. The highest BCUT2D eigenvalue weighted by molar-refractivity contribution is 8.03. The summed E-state index contributed by atoms with van der Waals surface area (Å²) in [5, 5.41) is 5.07. The van der Waals surface area contributed by atoms with E-state index in [1.54, 1.807) is 0 Å². The SMILES string of the molecule is CC1=CSC(NC(=O)c2ccc(C3CCCCC3)cc2)(c2c(C)cc(C)cc2C)N1C(N)=O. The van der Waals surface area contributed by atoms with Crippen molar-refractivity contribution in [1.82, 2.24) is 10.2 Å². The van der Waals surface area contributed by atoms with Crippen molar-refractivity contribution in [1.29, 1.82) is 0 Å². The first kappa shape index (κ1) is 23.4. The molecule has 1 heterocycles. The summed E-state index contributed by atoms with van der Waals surface area (Å²) >= 11 is 1.40. The van der Waals surface area contributed by atoms with Crippen molar-refractivity contribution < 1.29 is 9.59 Å². The lowest BCUT2D eigenvalue weighted by atomic mass is 9.84. The van der Waals surface area contributed by atoms with Crippen LogP contribution in [0.2, 0.25) is 0 Å². The number of aryl methyl sites for hydroxylation is 3. The molecule has 174 valence electrons. The third-order valence-corrected chi connectivity index (χ3v) is 8.13. The van der Waals surface area contributed by atoms with Gasteiger partial charge in [-0.2, -0.15) is 0 Å². The normalized spacial score (nSPS) is 21.1. The van der Waals surface area contributed by atoms with E-state index >= 15 is 0 Å². The van der Waals surface area contributed by atoms with Crippen LogP contribution in [-0.2, 0) is 4.99 Å². The van der Waals surface area contributed by atoms with Crippen molar-refractivity contribution in [2.45, 2.75) is 70.7 Å². The molecule has 0 spiro atoms. The molecule has 1 aliphatic carbocycles. The van der Waals surface area contributed by atoms with E-state index in [9.17, 15) is 9.59 Å². The molecule has 5 nitrogen and oxygen atoms in total. The van der Waals surface area contributed by atoms with Crippen LogP contribution in [0.5, 0.6) is 0 Å². The van der Waals surface area contributed by atoms with Gasteiger partial charge in [0, 0.05) is 16.8 Å². The minimum absolute atomic E-state index is 0.230. The number of nitrogens with two attached hydrogens (primary N) is 1. The number of carbonyl (C=O) groups excluding carboxylic acids is 2. The van der Waals surface area contributed by atoms with E-state index in [4.69, 9.17) is 5.73 Å². The van der Waals surface area contributed by atoms with Crippen molar-refractivity contribution in [3.05, 3.63) is 80.9 Å². The number of hydrogen-bond acceptors (Lipinski definition) is 3. The maximum absolute atomic E-state index is 13.5. The Hall–Kier alpha value is -2.73. The van der Waals surface area contributed by atoms with Gasteiger partial charge in [0.15, 0.2) is 0 Å². The van der Waals surface area contributed by atoms with Crippen LogP contribution >= 0.6 is 11.8 Å². The molecule has 3 N–H and O–H groups in total. The first-order valence-corrected chi connectivity index (χ1v) is 12.6. The predicted octanol–water partition coefficient (Wildman–Crippen LogP) is 6.19. The smallest absolute Gasteiger partial charge is 0.321 e. The summed E-state index contributed by atoms with van der Waals surface area (Å²) in [5.41, 5.74) is 12.4. The van der Waals surface area contributed by atoms with E-state index in [0.29, 0.717) is 17.2 Å². The zero-order valence-corrected chi connectivity index (χ0v) is 20.7. The molecule has 2 aromatic carbocycles. The molecular weight excluding hydrogens is 430 g/mol. The van der Waals surface area contributed by atoms with Crippen molar-refractivity contribution in [3.63, 3.8) is 0 Å². The molecule has 0 radical (unpaired) electrons. The molecule has 4 rings (SSSR count). The van der Waals surface area contributed by atoms with Crippen LogP contribution in [-0.4, -0.2) is 16.8 Å². The number of nitrogens with one attached hydrogen (secondary N) is 1. The Morgan fingerprint density at radius 2 is 1.61 bits per heavy atom. The van der Waals surface area contributed by atoms with Crippen molar-refractivity contribution in [2.75, 3.05) is 0 Å². The molecule has 1 fully saturated rings. The van der Waals surface area contributed by atoms with Crippen LogP contribution in [0.3, 0.4) is 0 Å². The summed E-state index contributed by atoms with van der Waals surface area (Å²) in [6, 6.07) is 11.5. The number of thioether (sulfide) groups is 1. The molecule has 6 heteroatoms. The first-order chi connectivity index (χ1) is 15.7. The number of carbonyl (C=O) groups is 2. The summed E-state index contributed by atoms with van der Waals surface area (Å²) in [6.45, 7) is 7.90. The Morgan fingerprint density at radius 3 is 2.18 bits per heavy atom. The molecule has 1 saturated carbocycles. The van der Waals surface area contributed by atoms with Gasteiger partial charge in [-0.05, 0) is 80.7 Å². The van der Waals surface area contributed by atoms with E-state index in [-0.39, 0.29) is 5.91 Å². The van der Waals surface area contributed by atoms with Crippen LogP contribution in [0.15, 0.2) is 47.5 Å². The highest BCUT2D eigenvalue weighted by Crippen LogP contribution is 2.48. The lowest BCUT2D eigenvalue weighted by Crippen LogP contribution is -2.57. The monoisotopic (exact) mass is 463 g/mol. The molecule has 0 aromatic heterocycles. The van der Waals surface area contributed by atoms with E-state index in [1.165, 1.54) is 54.3 Å². The molecule has 1 aliphatic heterocycles. The molecule has 1 unspecified atom stereocenters. The van der Waals surface area contributed by atoms with Crippen LogP contribution in [0.4, 0.5) is 4.79 Å². The Balaban J connectivity index is 1.69. The molecule has 1 atom stereocenters. The second kappa shape index (κ2) is 9.26. The number of amides is 3. The largest absolute Gasteiger partial charge is 0.351 e. The zero-order valence-electron chi connectivity index (χ0n) is 19.9. The standard InChI is InChI=1S/C27H33N3O2S/c1-17-14-18(2)24(19(3)15-17)27(30(26(28)32)20(4)16-33-27)29-25(31)23-12-10-22(11-13-23)21-8-6-5-7-9-21/h10-16,21H,5-9H2,1-4H3,(H2,28,32)(H,29,31). The van der Waals surface area contributed by atoms with Gasteiger partial charge in [-0.25, -0.2) is 4.79 Å². The third-order valence-electron chi connectivity index (χ3n) is 6.84. The molecular formula is C27H33N3O2S. The molecule has 0 bridgehead atoms. The maximum atomic E-state index is 13.5. The second-order valence-corrected chi connectivity index (χ2v) is 10.4.